The molecule has 2 aromatic carbocycles. The Morgan fingerprint density at radius 2 is 1.41 bits per heavy atom. The first kappa shape index (κ1) is 10.2. The van der Waals surface area contributed by atoms with Gasteiger partial charge in [-0.2, -0.15) is 0 Å². The van der Waals surface area contributed by atoms with Gasteiger partial charge in [-0.25, -0.2) is 0 Å². The van der Waals surface area contributed by atoms with Crippen molar-refractivity contribution in [3.8, 4) is 0 Å². The SMILES string of the molecule is C=C(c1ccccc1)c1ccc(N2CC2)cc1. The molecule has 1 fully saturated rings. The van der Waals surface area contributed by atoms with Crippen LogP contribution >= 0.6 is 0 Å². The van der Waals surface area contributed by atoms with Gasteiger partial charge in [-0.1, -0.05) is 49.0 Å². The topological polar surface area (TPSA) is 3.01 Å². The minimum atomic E-state index is 1.09. The molecule has 0 aliphatic carbocycles. The summed E-state index contributed by atoms with van der Waals surface area (Å²) < 4.78 is 0. The molecule has 0 saturated carbocycles. The number of hydrogen-bond acceptors (Lipinski definition) is 1. The molecule has 0 unspecified atom stereocenters. The molecular weight excluding hydrogens is 206 g/mol. The van der Waals surface area contributed by atoms with E-state index in [1.807, 2.05) is 18.2 Å². The standard InChI is InChI=1S/C16H15N/c1-13(14-5-3-2-4-6-14)15-7-9-16(10-8-15)17-11-12-17/h2-10H,1,11-12H2. The number of anilines is 1. The Balaban J connectivity index is 1.86. The quantitative estimate of drug-likeness (QED) is 0.716. The number of nitrogens with zero attached hydrogens (tertiary/aromatic N) is 1. The third-order valence-electron chi connectivity index (χ3n) is 3.15. The van der Waals surface area contributed by atoms with E-state index in [0.717, 1.165) is 5.57 Å². The van der Waals surface area contributed by atoms with E-state index in [-0.39, 0.29) is 0 Å². The number of hydrogen-bond donors (Lipinski definition) is 0. The van der Waals surface area contributed by atoms with Crippen molar-refractivity contribution >= 4 is 11.3 Å². The van der Waals surface area contributed by atoms with Gasteiger partial charge in [0, 0.05) is 18.8 Å². The van der Waals surface area contributed by atoms with Crippen molar-refractivity contribution in [2.75, 3.05) is 18.0 Å². The van der Waals surface area contributed by atoms with Crippen molar-refractivity contribution in [1.29, 1.82) is 0 Å². The Hall–Kier alpha value is -2.02. The Morgan fingerprint density at radius 1 is 0.824 bits per heavy atom. The van der Waals surface area contributed by atoms with E-state index in [9.17, 15) is 0 Å². The molecule has 84 valence electrons. The van der Waals surface area contributed by atoms with Gasteiger partial charge in [-0.3, -0.25) is 0 Å². The molecule has 0 radical (unpaired) electrons. The molecule has 1 nitrogen and oxygen atoms in total. The fourth-order valence-electron chi connectivity index (χ4n) is 1.99. The zero-order valence-electron chi connectivity index (χ0n) is 9.76. The molecule has 1 heteroatoms. The maximum Gasteiger partial charge on any atom is 0.0367 e. The van der Waals surface area contributed by atoms with E-state index in [1.54, 1.807) is 0 Å². The number of rotatable bonds is 3. The summed E-state index contributed by atoms with van der Waals surface area (Å²) in [6.07, 6.45) is 0. The highest BCUT2D eigenvalue weighted by Crippen LogP contribution is 2.26. The lowest BCUT2D eigenvalue weighted by Gasteiger charge is -2.08. The van der Waals surface area contributed by atoms with Gasteiger partial charge >= 0.3 is 0 Å². The maximum atomic E-state index is 4.17. The average molecular weight is 221 g/mol. The first-order chi connectivity index (χ1) is 8.34. The van der Waals surface area contributed by atoms with Gasteiger partial charge in [0.05, 0.1) is 0 Å². The predicted octanol–water partition coefficient (Wildman–Crippen LogP) is 3.57. The van der Waals surface area contributed by atoms with Crippen LogP contribution in [0.3, 0.4) is 0 Å². The highest BCUT2D eigenvalue weighted by Gasteiger charge is 2.17. The van der Waals surface area contributed by atoms with E-state index < -0.39 is 0 Å². The van der Waals surface area contributed by atoms with Crippen molar-refractivity contribution in [2.24, 2.45) is 0 Å². The summed E-state index contributed by atoms with van der Waals surface area (Å²) in [6, 6.07) is 19.0. The molecule has 0 N–H and O–H groups in total. The molecule has 1 saturated heterocycles. The molecule has 0 amide bonds. The van der Waals surface area contributed by atoms with Crippen molar-refractivity contribution in [2.45, 2.75) is 0 Å². The smallest absolute Gasteiger partial charge is 0.0367 e. The summed E-state index contributed by atoms with van der Waals surface area (Å²) >= 11 is 0. The van der Waals surface area contributed by atoms with Crippen LogP contribution in [-0.2, 0) is 0 Å². The van der Waals surface area contributed by atoms with Gasteiger partial charge in [0.2, 0.25) is 0 Å². The van der Waals surface area contributed by atoms with Crippen molar-refractivity contribution in [3.63, 3.8) is 0 Å². The molecule has 1 aliphatic heterocycles. The van der Waals surface area contributed by atoms with Crippen LogP contribution in [0.15, 0.2) is 61.2 Å². The Kier molecular flexibility index (Phi) is 2.45. The van der Waals surface area contributed by atoms with Crippen molar-refractivity contribution < 1.29 is 0 Å². The average Bonchev–Trinajstić information content (AvgIpc) is 3.24. The summed E-state index contributed by atoms with van der Waals surface area (Å²) in [5.74, 6) is 0. The minimum absolute atomic E-state index is 1.09. The normalized spacial score (nSPS) is 13.5. The molecular formula is C16H15N. The van der Waals surface area contributed by atoms with E-state index in [0.29, 0.717) is 0 Å². The Bertz CT molecular complexity index is 521. The molecule has 0 bridgehead atoms. The molecule has 0 spiro atoms. The van der Waals surface area contributed by atoms with Crippen LogP contribution in [-0.4, -0.2) is 13.1 Å². The van der Waals surface area contributed by atoms with E-state index in [4.69, 9.17) is 0 Å². The van der Waals surface area contributed by atoms with Crippen LogP contribution in [0.4, 0.5) is 5.69 Å². The summed E-state index contributed by atoms with van der Waals surface area (Å²) in [7, 11) is 0. The lowest BCUT2D eigenvalue weighted by atomic mass is 9.99. The van der Waals surface area contributed by atoms with Gasteiger partial charge in [-0.05, 0) is 28.8 Å². The van der Waals surface area contributed by atoms with Crippen LogP contribution in [0.5, 0.6) is 0 Å². The first-order valence-corrected chi connectivity index (χ1v) is 5.94. The van der Waals surface area contributed by atoms with Gasteiger partial charge in [-0.15, -0.1) is 0 Å². The predicted molar refractivity (Wildman–Crippen MR) is 73.2 cm³/mol. The Morgan fingerprint density at radius 3 is 2.00 bits per heavy atom. The molecule has 0 atom stereocenters. The number of benzene rings is 2. The Labute approximate surface area is 102 Å². The summed E-state index contributed by atoms with van der Waals surface area (Å²) in [5.41, 5.74) is 4.78. The molecule has 2 aromatic rings. The van der Waals surface area contributed by atoms with Crippen LogP contribution in [0.1, 0.15) is 11.1 Å². The second kappa shape index (κ2) is 4.10. The second-order valence-electron chi connectivity index (χ2n) is 4.38. The van der Waals surface area contributed by atoms with E-state index in [1.165, 1.54) is 29.9 Å². The van der Waals surface area contributed by atoms with E-state index in [2.05, 4.69) is 47.9 Å². The molecule has 3 rings (SSSR count). The lowest BCUT2D eigenvalue weighted by Crippen LogP contribution is -1.91. The van der Waals surface area contributed by atoms with Gasteiger partial charge in [0.1, 0.15) is 0 Å². The van der Waals surface area contributed by atoms with Gasteiger partial charge in [0.25, 0.3) is 0 Å². The highest BCUT2D eigenvalue weighted by atomic mass is 15.3. The fourth-order valence-corrected chi connectivity index (χ4v) is 1.99. The summed E-state index contributed by atoms with van der Waals surface area (Å²) in [5, 5.41) is 0. The summed E-state index contributed by atoms with van der Waals surface area (Å²) in [6.45, 7) is 6.56. The van der Waals surface area contributed by atoms with Crippen LogP contribution < -0.4 is 4.90 Å². The first-order valence-electron chi connectivity index (χ1n) is 5.94. The molecule has 1 heterocycles. The zero-order chi connectivity index (χ0) is 11.7. The van der Waals surface area contributed by atoms with Crippen molar-refractivity contribution in [1.82, 2.24) is 0 Å². The second-order valence-corrected chi connectivity index (χ2v) is 4.38. The molecule has 0 aromatic heterocycles. The van der Waals surface area contributed by atoms with Gasteiger partial charge in [0.15, 0.2) is 0 Å². The van der Waals surface area contributed by atoms with Crippen LogP contribution in [0.25, 0.3) is 5.57 Å². The third kappa shape index (κ3) is 2.09. The van der Waals surface area contributed by atoms with Crippen LogP contribution in [0.2, 0.25) is 0 Å². The third-order valence-corrected chi connectivity index (χ3v) is 3.15. The molecule has 1 aliphatic rings. The monoisotopic (exact) mass is 221 g/mol. The summed E-state index contributed by atoms with van der Waals surface area (Å²) in [4.78, 5) is 2.34. The highest BCUT2D eigenvalue weighted by molar-refractivity contribution is 5.78. The maximum absolute atomic E-state index is 4.17. The fraction of sp³-hybridized carbons (Fsp3) is 0.125. The largest absolute Gasteiger partial charge is 0.368 e. The molecule has 17 heavy (non-hydrogen) atoms. The van der Waals surface area contributed by atoms with Gasteiger partial charge < -0.3 is 4.90 Å². The zero-order valence-corrected chi connectivity index (χ0v) is 9.76. The lowest BCUT2D eigenvalue weighted by molar-refractivity contribution is 1.39. The minimum Gasteiger partial charge on any atom is -0.368 e. The van der Waals surface area contributed by atoms with Crippen LogP contribution in [0, 0.1) is 0 Å². The van der Waals surface area contributed by atoms with E-state index >= 15 is 0 Å². The van der Waals surface area contributed by atoms with Crippen molar-refractivity contribution in [3.05, 3.63) is 72.3 Å².